The van der Waals surface area contributed by atoms with Crippen molar-refractivity contribution in [2.24, 2.45) is 5.92 Å². The van der Waals surface area contributed by atoms with Crippen molar-refractivity contribution >= 4 is 11.8 Å². The van der Waals surface area contributed by atoms with Gasteiger partial charge in [0.05, 0.1) is 0 Å². The van der Waals surface area contributed by atoms with Crippen molar-refractivity contribution in [2.45, 2.75) is 39.5 Å². The molecule has 1 atom stereocenters. The van der Waals surface area contributed by atoms with Gasteiger partial charge in [0.2, 0.25) is 0 Å². The van der Waals surface area contributed by atoms with Gasteiger partial charge in [-0.25, -0.2) is 0 Å². The molecule has 0 rings (SSSR count). The molecule has 0 aliphatic carbocycles. The fourth-order valence-corrected chi connectivity index (χ4v) is 1.44. The van der Waals surface area contributed by atoms with E-state index in [1.54, 1.807) is 0 Å². The standard InChI is InChI=1S/C9H20S/c1-4-9(2)7-5-6-8-10-3/h9H,4-8H2,1-3H3. The molecule has 1 unspecified atom stereocenters. The van der Waals surface area contributed by atoms with Crippen molar-refractivity contribution in [1.82, 2.24) is 0 Å². The number of hydrogen-bond acceptors (Lipinski definition) is 1. The van der Waals surface area contributed by atoms with Gasteiger partial charge in [-0.1, -0.05) is 33.1 Å². The first kappa shape index (κ1) is 10.3. The minimum Gasteiger partial charge on any atom is -0.165 e. The summed E-state index contributed by atoms with van der Waals surface area (Å²) in [5, 5.41) is 0. The van der Waals surface area contributed by atoms with Crippen molar-refractivity contribution in [3.8, 4) is 0 Å². The van der Waals surface area contributed by atoms with Crippen LogP contribution in [0.5, 0.6) is 0 Å². The molecule has 0 bridgehead atoms. The Morgan fingerprint density at radius 1 is 1.30 bits per heavy atom. The quantitative estimate of drug-likeness (QED) is 0.535. The predicted octanol–water partition coefficient (Wildman–Crippen LogP) is 3.57. The zero-order valence-electron chi connectivity index (χ0n) is 7.52. The summed E-state index contributed by atoms with van der Waals surface area (Å²) in [6.45, 7) is 4.62. The molecule has 0 fully saturated rings. The normalized spacial score (nSPS) is 13.5. The van der Waals surface area contributed by atoms with Crippen molar-refractivity contribution in [2.75, 3.05) is 12.0 Å². The average molecular weight is 160 g/mol. The molecule has 0 N–H and O–H groups in total. The van der Waals surface area contributed by atoms with Crippen molar-refractivity contribution < 1.29 is 0 Å². The lowest BCUT2D eigenvalue weighted by Gasteiger charge is -2.06. The second kappa shape index (κ2) is 7.46. The van der Waals surface area contributed by atoms with Crippen LogP contribution in [0.3, 0.4) is 0 Å². The minimum absolute atomic E-state index is 0.946. The van der Waals surface area contributed by atoms with E-state index < -0.39 is 0 Å². The van der Waals surface area contributed by atoms with E-state index in [0.29, 0.717) is 0 Å². The summed E-state index contributed by atoms with van der Waals surface area (Å²) in [6, 6.07) is 0. The van der Waals surface area contributed by atoms with Gasteiger partial charge in [0.15, 0.2) is 0 Å². The second-order valence-corrected chi connectivity index (χ2v) is 3.99. The Hall–Kier alpha value is 0.350. The summed E-state index contributed by atoms with van der Waals surface area (Å²) in [4.78, 5) is 0. The lowest BCUT2D eigenvalue weighted by Crippen LogP contribution is -1.91. The maximum absolute atomic E-state index is 2.35. The van der Waals surface area contributed by atoms with Crippen LogP contribution in [-0.4, -0.2) is 12.0 Å². The molecule has 0 aromatic rings. The zero-order chi connectivity index (χ0) is 7.82. The molecule has 10 heavy (non-hydrogen) atoms. The van der Waals surface area contributed by atoms with E-state index in [1.165, 1.54) is 31.4 Å². The highest BCUT2D eigenvalue weighted by molar-refractivity contribution is 7.98. The summed E-state index contributed by atoms with van der Waals surface area (Å²) in [5.41, 5.74) is 0. The van der Waals surface area contributed by atoms with Crippen LogP contribution < -0.4 is 0 Å². The molecule has 0 saturated carbocycles. The molecule has 0 radical (unpaired) electrons. The average Bonchev–Trinajstić information content (AvgIpc) is 1.98. The molecule has 0 amide bonds. The number of unbranched alkanes of at least 4 members (excludes halogenated alkanes) is 1. The number of thioether (sulfide) groups is 1. The summed E-state index contributed by atoms with van der Waals surface area (Å²) in [7, 11) is 0. The number of rotatable bonds is 6. The van der Waals surface area contributed by atoms with Crippen LogP contribution >= 0.6 is 11.8 Å². The fraction of sp³-hybridized carbons (Fsp3) is 1.00. The molecule has 0 aromatic carbocycles. The highest BCUT2D eigenvalue weighted by atomic mass is 32.2. The van der Waals surface area contributed by atoms with Crippen LogP contribution in [0, 0.1) is 5.92 Å². The van der Waals surface area contributed by atoms with Gasteiger partial charge in [-0.3, -0.25) is 0 Å². The van der Waals surface area contributed by atoms with E-state index in [9.17, 15) is 0 Å². The van der Waals surface area contributed by atoms with Crippen molar-refractivity contribution in [1.29, 1.82) is 0 Å². The summed E-state index contributed by atoms with van der Waals surface area (Å²) in [5.74, 6) is 2.29. The zero-order valence-corrected chi connectivity index (χ0v) is 8.34. The molecule has 0 nitrogen and oxygen atoms in total. The van der Waals surface area contributed by atoms with E-state index in [0.717, 1.165) is 5.92 Å². The molecular weight excluding hydrogens is 140 g/mol. The Kier molecular flexibility index (Phi) is 7.72. The minimum atomic E-state index is 0.946. The van der Waals surface area contributed by atoms with E-state index >= 15 is 0 Å². The SMILES string of the molecule is CCC(C)CCCCSC. The van der Waals surface area contributed by atoms with Gasteiger partial charge in [-0.05, 0) is 24.3 Å². The van der Waals surface area contributed by atoms with Gasteiger partial charge < -0.3 is 0 Å². The molecule has 62 valence electrons. The van der Waals surface area contributed by atoms with Crippen LogP contribution in [0.1, 0.15) is 39.5 Å². The smallest absolute Gasteiger partial charge is 0.00703 e. The third-order valence-electron chi connectivity index (χ3n) is 1.99. The molecule has 0 aliphatic rings. The van der Waals surface area contributed by atoms with E-state index in [1.807, 2.05) is 11.8 Å². The fourth-order valence-electron chi connectivity index (χ4n) is 0.943. The first-order chi connectivity index (χ1) is 4.81. The Morgan fingerprint density at radius 2 is 2.00 bits per heavy atom. The van der Waals surface area contributed by atoms with Gasteiger partial charge >= 0.3 is 0 Å². The third-order valence-corrected chi connectivity index (χ3v) is 2.69. The van der Waals surface area contributed by atoms with Crippen LogP contribution in [0.25, 0.3) is 0 Å². The maximum Gasteiger partial charge on any atom is -0.00703 e. The third kappa shape index (κ3) is 6.47. The summed E-state index contributed by atoms with van der Waals surface area (Å²) >= 11 is 1.96. The highest BCUT2D eigenvalue weighted by Crippen LogP contribution is 2.12. The van der Waals surface area contributed by atoms with Gasteiger partial charge in [0, 0.05) is 0 Å². The van der Waals surface area contributed by atoms with Crippen LogP contribution in [0.2, 0.25) is 0 Å². The predicted molar refractivity (Wildman–Crippen MR) is 51.7 cm³/mol. The molecule has 0 heterocycles. The number of hydrogen-bond donors (Lipinski definition) is 0. The van der Waals surface area contributed by atoms with Gasteiger partial charge in [0.25, 0.3) is 0 Å². The van der Waals surface area contributed by atoms with E-state index in [2.05, 4.69) is 20.1 Å². The molecular formula is C9H20S. The van der Waals surface area contributed by atoms with Gasteiger partial charge in [-0.15, -0.1) is 0 Å². The molecule has 1 heteroatoms. The Bertz CT molecular complexity index is 61.7. The van der Waals surface area contributed by atoms with Gasteiger partial charge in [-0.2, -0.15) is 11.8 Å². The van der Waals surface area contributed by atoms with Crippen LogP contribution in [0.4, 0.5) is 0 Å². The monoisotopic (exact) mass is 160 g/mol. The first-order valence-electron chi connectivity index (χ1n) is 4.30. The van der Waals surface area contributed by atoms with Crippen molar-refractivity contribution in [3.05, 3.63) is 0 Å². The topological polar surface area (TPSA) is 0 Å². The Labute approximate surface area is 69.8 Å². The highest BCUT2D eigenvalue weighted by Gasteiger charge is 1.96. The van der Waals surface area contributed by atoms with E-state index in [4.69, 9.17) is 0 Å². The first-order valence-corrected chi connectivity index (χ1v) is 5.69. The van der Waals surface area contributed by atoms with Crippen LogP contribution in [-0.2, 0) is 0 Å². The lowest BCUT2D eigenvalue weighted by molar-refractivity contribution is 0.493. The molecule has 0 spiro atoms. The molecule has 0 aliphatic heterocycles. The maximum atomic E-state index is 2.35. The lowest BCUT2D eigenvalue weighted by atomic mass is 10.0. The summed E-state index contributed by atoms with van der Waals surface area (Å²) in [6.07, 6.45) is 7.79. The molecule has 0 aromatic heterocycles. The van der Waals surface area contributed by atoms with Crippen molar-refractivity contribution in [3.63, 3.8) is 0 Å². The molecule has 0 saturated heterocycles. The Balaban J connectivity index is 2.89. The largest absolute Gasteiger partial charge is 0.165 e. The second-order valence-electron chi connectivity index (χ2n) is 3.00. The van der Waals surface area contributed by atoms with Gasteiger partial charge in [0.1, 0.15) is 0 Å². The van der Waals surface area contributed by atoms with E-state index in [-0.39, 0.29) is 0 Å². The summed E-state index contributed by atoms with van der Waals surface area (Å²) < 4.78 is 0. The van der Waals surface area contributed by atoms with Crippen LogP contribution in [0.15, 0.2) is 0 Å². The Morgan fingerprint density at radius 3 is 2.50 bits per heavy atom.